The molecule has 1 saturated heterocycles. The van der Waals surface area contributed by atoms with Crippen LogP contribution in [0.1, 0.15) is 58.4 Å². The van der Waals surface area contributed by atoms with Gasteiger partial charge in [0.2, 0.25) is 0 Å². The van der Waals surface area contributed by atoms with E-state index in [1.807, 2.05) is 6.07 Å². The number of hydrogen-bond donors (Lipinski definition) is 1. The molecular formula is C28H32N6O5. The maximum absolute atomic E-state index is 13.4. The van der Waals surface area contributed by atoms with Gasteiger partial charge < -0.3 is 14.4 Å². The Morgan fingerprint density at radius 1 is 1.21 bits per heavy atom. The van der Waals surface area contributed by atoms with Crippen LogP contribution >= 0.6 is 0 Å². The van der Waals surface area contributed by atoms with Gasteiger partial charge in [-0.2, -0.15) is 5.26 Å². The molecule has 2 aliphatic heterocycles. The fourth-order valence-electron chi connectivity index (χ4n) is 5.65. The molecule has 3 aliphatic rings. The Hall–Kier alpha value is -3.88. The molecule has 204 valence electrons. The van der Waals surface area contributed by atoms with E-state index in [0.717, 1.165) is 30.4 Å². The van der Waals surface area contributed by atoms with Crippen molar-refractivity contribution in [1.29, 1.82) is 5.26 Å². The molecule has 1 saturated carbocycles. The smallest absolute Gasteiger partial charge is 0.328 e. The first-order chi connectivity index (χ1) is 18.9. The van der Waals surface area contributed by atoms with Crippen molar-refractivity contribution in [3.63, 3.8) is 0 Å². The first kappa shape index (κ1) is 26.7. The summed E-state index contributed by atoms with van der Waals surface area (Å²) >= 11 is 0. The number of carbonyl (C=O) groups is 3. The SMILES string of the molecule is CO[C@H]1CC[C@@H]1Cc1cc(NC(=O)N2CCCc3cc(CN4CC[C@@H](OC)C4=O)c(C=O)nc32)ncc1C#N. The number of methoxy groups -OCH3 is 2. The van der Waals surface area contributed by atoms with Crippen molar-refractivity contribution in [3.8, 4) is 6.07 Å². The number of aromatic nitrogens is 2. The molecule has 5 rings (SSSR count). The van der Waals surface area contributed by atoms with Crippen LogP contribution in [0.25, 0.3) is 0 Å². The highest BCUT2D eigenvalue weighted by atomic mass is 16.5. The van der Waals surface area contributed by atoms with Crippen LogP contribution in [0.2, 0.25) is 0 Å². The van der Waals surface area contributed by atoms with E-state index in [2.05, 4.69) is 21.4 Å². The van der Waals surface area contributed by atoms with Gasteiger partial charge in [0.25, 0.3) is 5.91 Å². The van der Waals surface area contributed by atoms with E-state index >= 15 is 0 Å². The van der Waals surface area contributed by atoms with Crippen LogP contribution in [0.3, 0.4) is 0 Å². The number of rotatable bonds is 8. The summed E-state index contributed by atoms with van der Waals surface area (Å²) in [6, 6.07) is 5.41. The molecule has 0 spiro atoms. The minimum atomic E-state index is -0.457. The molecule has 39 heavy (non-hydrogen) atoms. The fourth-order valence-corrected chi connectivity index (χ4v) is 5.65. The van der Waals surface area contributed by atoms with Crippen molar-refractivity contribution >= 4 is 29.9 Å². The van der Waals surface area contributed by atoms with Gasteiger partial charge in [-0.1, -0.05) is 0 Å². The lowest BCUT2D eigenvalue weighted by Gasteiger charge is -2.35. The third kappa shape index (κ3) is 5.35. The van der Waals surface area contributed by atoms with Crippen molar-refractivity contribution in [2.24, 2.45) is 5.92 Å². The first-order valence-electron chi connectivity index (χ1n) is 13.3. The van der Waals surface area contributed by atoms with Crippen LogP contribution in [-0.4, -0.2) is 72.6 Å². The molecule has 0 radical (unpaired) electrons. The van der Waals surface area contributed by atoms with Crippen LogP contribution in [0.15, 0.2) is 18.3 Å². The van der Waals surface area contributed by atoms with E-state index in [-0.39, 0.29) is 24.2 Å². The molecule has 2 fully saturated rings. The molecule has 3 atom stereocenters. The molecule has 2 aromatic rings. The summed E-state index contributed by atoms with van der Waals surface area (Å²) in [6.45, 7) is 1.25. The van der Waals surface area contributed by atoms with Crippen molar-refractivity contribution in [2.45, 2.75) is 57.3 Å². The summed E-state index contributed by atoms with van der Waals surface area (Å²) in [6.07, 6.45) is 6.62. The van der Waals surface area contributed by atoms with Crippen molar-refractivity contribution in [3.05, 3.63) is 46.3 Å². The number of nitrogens with one attached hydrogen (secondary N) is 1. The Labute approximate surface area is 227 Å². The second-order valence-electron chi connectivity index (χ2n) is 10.2. The largest absolute Gasteiger partial charge is 0.381 e. The molecular weight excluding hydrogens is 500 g/mol. The fraction of sp³-hybridized carbons (Fsp3) is 0.500. The lowest BCUT2D eigenvalue weighted by atomic mass is 9.77. The predicted molar refractivity (Wildman–Crippen MR) is 141 cm³/mol. The summed E-state index contributed by atoms with van der Waals surface area (Å²) < 4.78 is 10.7. The second-order valence-corrected chi connectivity index (χ2v) is 10.2. The maximum atomic E-state index is 13.4. The van der Waals surface area contributed by atoms with Crippen molar-refractivity contribution in [1.82, 2.24) is 14.9 Å². The molecule has 0 bridgehead atoms. The van der Waals surface area contributed by atoms with Crippen LogP contribution in [0, 0.1) is 17.2 Å². The summed E-state index contributed by atoms with van der Waals surface area (Å²) in [4.78, 5) is 49.9. The highest BCUT2D eigenvalue weighted by Crippen LogP contribution is 2.34. The third-order valence-electron chi connectivity index (χ3n) is 8.00. The van der Waals surface area contributed by atoms with Crippen LogP contribution in [0.4, 0.5) is 16.4 Å². The number of aldehydes is 1. The van der Waals surface area contributed by atoms with Gasteiger partial charge in [0.15, 0.2) is 6.29 Å². The lowest BCUT2D eigenvalue weighted by molar-refractivity contribution is -0.136. The second kappa shape index (κ2) is 11.5. The van der Waals surface area contributed by atoms with Crippen molar-refractivity contribution < 1.29 is 23.9 Å². The van der Waals surface area contributed by atoms with Gasteiger partial charge in [0.05, 0.1) is 11.7 Å². The molecule has 1 N–H and O–H groups in total. The molecule has 2 aromatic heterocycles. The van der Waals surface area contributed by atoms with E-state index in [4.69, 9.17) is 9.47 Å². The van der Waals surface area contributed by atoms with Gasteiger partial charge in [0.1, 0.15) is 29.5 Å². The van der Waals surface area contributed by atoms with E-state index in [9.17, 15) is 19.6 Å². The predicted octanol–water partition coefficient (Wildman–Crippen LogP) is 2.86. The average molecular weight is 533 g/mol. The zero-order valence-corrected chi connectivity index (χ0v) is 22.2. The van der Waals surface area contributed by atoms with Crippen LogP contribution < -0.4 is 10.2 Å². The summed E-state index contributed by atoms with van der Waals surface area (Å²) in [5.74, 6) is 1.01. The normalized spacial score (nSPS) is 22.2. The highest BCUT2D eigenvalue weighted by Gasteiger charge is 2.34. The number of likely N-dealkylation sites (tertiary alicyclic amines) is 1. The zero-order valence-electron chi connectivity index (χ0n) is 22.2. The number of hydrogen-bond acceptors (Lipinski definition) is 8. The van der Waals surface area contributed by atoms with Crippen LogP contribution in [0.5, 0.6) is 0 Å². The summed E-state index contributed by atoms with van der Waals surface area (Å²) in [5.41, 5.74) is 3.01. The number of carbonyl (C=O) groups excluding carboxylic acids is 3. The molecule has 11 heteroatoms. The van der Waals surface area contributed by atoms with Crippen molar-refractivity contribution in [2.75, 3.05) is 37.5 Å². The Bertz CT molecular complexity index is 1320. The van der Waals surface area contributed by atoms with Crippen LogP contribution in [-0.2, 0) is 33.7 Å². The van der Waals surface area contributed by atoms with E-state index in [0.29, 0.717) is 67.3 Å². The van der Waals surface area contributed by atoms with Gasteiger partial charge >= 0.3 is 6.03 Å². The standard InChI is InChI=1S/C28H32N6O5/c1-38-23-6-5-17(23)10-19-12-25(30-14-21(19)13-29)32-28(37)34-8-3-4-18-11-20(22(16-35)31-26(18)34)15-33-9-7-24(39-2)27(33)36/h11-12,14,16-17,23-24H,3-10,15H2,1-2H3,(H,30,32,37)/t17-,23+,24-/m1/s1. The monoisotopic (exact) mass is 532 g/mol. The number of nitriles is 1. The number of aryl methyl sites for hydroxylation is 1. The van der Waals surface area contributed by atoms with Gasteiger partial charge in [-0.05, 0) is 61.3 Å². The molecule has 0 unspecified atom stereocenters. The van der Waals surface area contributed by atoms with Gasteiger partial charge in [0, 0.05) is 52.0 Å². The van der Waals surface area contributed by atoms with Gasteiger partial charge in [-0.3, -0.25) is 19.8 Å². The summed E-state index contributed by atoms with van der Waals surface area (Å²) in [7, 11) is 3.22. The number of anilines is 2. The maximum Gasteiger partial charge on any atom is 0.328 e. The Balaban J connectivity index is 1.34. The number of fused-ring (bicyclic) bond motifs is 1. The average Bonchev–Trinajstić information content (AvgIpc) is 3.29. The topological polar surface area (TPSA) is 138 Å². The molecule has 1 aliphatic carbocycles. The molecule has 0 aromatic carbocycles. The van der Waals surface area contributed by atoms with E-state index < -0.39 is 12.1 Å². The number of amides is 3. The number of pyridine rings is 2. The molecule has 4 heterocycles. The lowest BCUT2D eigenvalue weighted by Crippen LogP contribution is -2.40. The zero-order chi connectivity index (χ0) is 27.5. The van der Waals surface area contributed by atoms with E-state index in [1.165, 1.54) is 18.2 Å². The van der Waals surface area contributed by atoms with Gasteiger partial charge in [-0.15, -0.1) is 0 Å². The molecule has 11 nitrogen and oxygen atoms in total. The summed E-state index contributed by atoms with van der Waals surface area (Å²) in [5, 5.41) is 12.4. The minimum absolute atomic E-state index is 0.0996. The highest BCUT2D eigenvalue weighted by molar-refractivity contribution is 6.01. The first-order valence-corrected chi connectivity index (χ1v) is 13.3. The number of nitrogens with zero attached hydrogens (tertiary/aromatic N) is 5. The Morgan fingerprint density at radius 3 is 2.72 bits per heavy atom. The number of ether oxygens (including phenoxy) is 2. The quantitative estimate of drug-likeness (QED) is 0.512. The number of urea groups is 1. The van der Waals surface area contributed by atoms with E-state index in [1.54, 1.807) is 18.1 Å². The molecule has 3 amide bonds. The van der Waals surface area contributed by atoms with Gasteiger partial charge in [-0.25, -0.2) is 14.8 Å². The Kier molecular flexibility index (Phi) is 7.86. The minimum Gasteiger partial charge on any atom is -0.381 e. The Morgan fingerprint density at radius 2 is 2.05 bits per heavy atom. The third-order valence-corrected chi connectivity index (χ3v) is 8.00.